The Labute approximate surface area is 142 Å². The van der Waals surface area contributed by atoms with Crippen molar-refractivity contribution in [3.63, 3.8) is 0 Å². The minimum atomic E-state index is -3.74. The summed E-state index contributed by atoms with van der Waals surface area (Å²) in [7, 11) is -3.74. The molecule has 1 N–H and O–H groups in total. The molecule has 1 atom stereocenters. The summed E-state index contributed by atoms with van der Waals surface area (Å²) in [6.07, 6.45) is 8.76. The Bertz CT molecular complexity index is 491. The monoisotopic (exact) mass is 341 g/mol. The Hall–Kier alpha value is -1.11. The zero-order valence-electron chi connectivity index (χ0n) is 14.6. The van der Waals surface area contributed by atoms with Gasteiger partial charge in [0, 0.05) is 13.0 Å². The zero-order chi connectivity index (χ0) is 17.6. The van der Waals surface area contributed by atoms with Crippen LogP contribution in [0.15, 0.2) is 0 Å². The van der Waals surface area contributed by atoms with Crippen molar-refractivity contribution in [1.29, 1.82) is 10.5 Å². The molecule has 1 unspecified atom stereocenters. The highest BCUT2D eigenvalue weighted by Crippen LogP contribution is 2.30. The van der Waals surface area contributed by atoms with Gasteiger partial charge in [-0.05, 0) is 12.8 Å². The van der Waals surface area contributed by atoms with Crippen LogP contribution in [0.3, 0.4) is 0 Å². The number of nitrogens with zero attached hydrogens (tertiary/aromatic N) is 2. The molecule has 5 nitrogen and oxygen atoms in total. The topological polar surface area (TPSA) is 93.8 Å². The number of nitrogens with one attached hydrogen (secondary N) is 1. The normalized spacial score (nSPS) is 13.9. The van der Waals surface area contributed by atoms with E-state index in [4.69, 9.17) is 5.26 Å². The summed E-state index contributed by atoms with van der Waals surface area (Å²) in [6, 6.07) is 4.00. The second-order valence-electron chi connectivity index (χ2n) is 6.03. The number of hydrogen-bond donors (Lipinski definition) is 1. The zero-order valence-corrected chi connectivity index (χ0v) is 15.4. The second kappa shape index (κ2) is 12.3. The molecule has 0 saturated heterocycles. The van der Waals surface area contributed by atoms with Crippen LogP contribution in [0, 0.1) is 22.7 Å². The number of rotatable bonds is 14. The fraction of sp³-hybridized carbons (Fsp3) is 0.882. The molecule has 0 aromatic carbocycles. The maximum Gasteiger partial charge on any atom is 0.230 e. The van der Waals surface area contributed by atoms with Crippen molar-refractivity contribution >= 4 is 10.0 Å². The highest BCUT2D eigenvalue weighted by molar-refractivity contribution is 7.91. The van der Waals surface area contributed by atoms with Crippen LogP contribution in [-0.4, -0.2) is 19.7 Å². The first-order chi connectivity index (χ1) is 11.0. The number of sulfonamides is 1. The van der Waals surface area contributed by atoms with E-state index in [0.29, 0.717) is 19.3 Å². The molecule has 0 saturated carbocycles. The van der Waals surface area contributed by atoms with Crippen molar-refractivity contribution in [3.8, 4) is 12.1 Å². The maximum absolute atomic E-state index is 12.6. The van der Waals surface area contributed by atoms with Crippen molar-refractivity contribution in [3.05, 3.63) is 0 Å². The van der Waals surface area contributed by atoms with Crippen LogP contribution in [0.1, 0.15) is 84.5 Å². The molecule has 0 aromatic heterocycles. The van der Waals surface area contributed by atoms with Crippen LogP contribution in [0.4, 0.5) is 0 Å². The molecule has 0 radical (unpaired) electrons. The van der Waals surface area contributed by atoms with E-state index in [1.807, 2.05) is 13.0 Å². The van der Waals surface area contributed by atoms with E-state index in [0.717, 1.165) is 32.1 Å². The average Bonchev–Trinajstić information content (AvgIpc) is 2.53. The summed E-state index contributed by atoms with van der Waals surface area (Å²) in [5.74, 6) is 0. The van der Waals surface area contributed by atoms with Gasteiger partial charge in [0.2, 0.25) is 10.0 Å². The Morgan fingerprint density at radius 2 is 1.48 bits per heavy atom. The van der Waals surface area contributed by atoms with E-state index in [9.17, 15) is 13.7 Å². The SMILES string of the molecule is CCCCCCCCC(C#N)(CCCC)S(=O)(=O)NCCC#N. The van der Waals surface area contributed by atoms with Crippen LogP contribution < -0.4 is 4.72 Å². The predicted molar refractivity (Wildman–Crippen MR) is 93.0 cm³/mol. The Kier molecular flexibility index (Phi) is 11.7. The third kappa shape index (κ3) is 7.81. The lowest BCUT2D eigenvalue weighted by molar-refractivity contribution is 0.471. The van der Waals surface area contributed by atoms with E-state index >= 15 is 0 Å². The second-order valence-corrected chi connectivity index (χ2v) is 8.11. The quantitative estimate of drug-likeness (QED) is 0.483. The van der Waals surface area contributed by atoms with E-state index in [1.54, 1.807) is 0 Å². The highest BCUT2D eigenvalue weighted by atomic mass is 32.2. The van der Waals surface area contributed by atoms with Crippen molar-refractivity contribution in [2.45, 2.75) is 89.2 Å². The van der Waals surface area contributed by atoms with Gasteiger partial charge in [-0.1, -0.05) is 65.2 Å². The predicted octanol–water partition coefficient (Wildman–Crippen LogP) is 4.02. The Morgan fingerprint density at radius 3 is 2.04 bits per heavy atom. The lowest BCUT2D eigenvalue weighted by atomic mass is 9.95. The van der Waals surface area contributed by atoms with Crippen molar-refractivity contribution in [2.24, 2.45) is 0 Å². The molecule has 0 amide bonds. The minimum Gasteiger partial charge on any atom is -0.213 e. The highest BCUT2D eigenvalue weighted by Gasteiger charge is 2.42. The summed E-state index contributed by atoms with van der Waals surface area (Å²) < 4.78 is 26.3. The summed E-state index contributed by atoms with van der Waals surface area (Å²) in [5, 5.41) is 18.2. The maximum atomic E-state index is 12.6. The molecule has 0 aliphatic carbocycles. The Balaban J connectivity index is 4.81. The summed E-state index contributed by atoms with van der Waals surface area (Å²) in [5.41, 5.74) is 0. The van der Waals surface area contributed by atoms with Crippen LogP contribution in [-0.2, 0) is 10.0 Å². The molecule has 6 heteroatoms. The van der Waals surface area contributed by atoms with Gasteiger partial charge in [-0.2, -0.15) is 10.5 Å². The first kappa shape index (κ1) is 21.9. The number of hydrogen-bond acceptors (Lipinski definition) is 4. The minimum absolute atomic E-state index is 0.0743. The summed E-state index contributed by atoms with van der Waals surface area (Å²) >= 11 is 0. The summed E-state index contributed by atoms with van der Waals surface area (Å²) in [4.78, 5) is 0. The van der Waals surface area contributed by atoms with E-state index in [2.05, 4.69) is 17.7 Å². The standard InChI is InChI=1S/C17H31N3O2S/c1-3-5-7-8-9-10-13-17(16-19,12-6-4-2)23(21,22)20-15-11-14-18/h20H,3-13,15H2,1-2H3. The molecule has 0 aliphatic rings. The van der Waals surface area contributed by atoms with Crippen molar-refractivity contribution in [2.75, 3.05) is 6.54 Å². The molecule has 132 valence electrons. The number of unbranched alkanes of at least 4 members (excludes halogenated alkanes) is 6. The number of nitriles is 2. The van der Waals surface area contributed by atoms with Gasteiger partial charge < -0.3 is 0 Å². The molecule has 23 heavy (non-hydrogen) atoms. The van der Waals surface area contributed by atoms with E-state index in [-0.39, 0.29) is 13.0 Å². The van der Waals surface area contributed by atoms with E-state index < -0.39 is 14.8 Å². The van der Waals surface area contributed by atoms with E-state index in [1.165, 1.54) is 12.8 Å². The molecule has 0 aliphatic heterocycles. The third-order valence-corrected chi connectivity index (χ3v) is 6.23. The molecule has 0 fully saturated rings. The molecular weight excluding hydrogens is 310 g/mol. The van der Waals surface area contributed by atoms with Gasteiger partial charge in [0.1, 0.15) is 0 Å². The fourth-order valence-electron chi connectivity index (χ4n) is 2.60. The third-order valence-electron chi connectivity index (χ3n) is 4.12. The lowest BCUT2D eigenvalue weighted by Crippen LogP contribution is -2.45. The summed E-state index contributed by atoms with van der Waals surface area (Å²) in [6.45, 7) is 4.22. The van der Waals surface area contributed by atoms with Crippen molar-refractivity contribution in [1.82, 2.24) is 4.72 Å². The first-order valence-corrected chi connectivity index (χ1v) is 10.3. The largest absolute Gasteiger partial charge is 0.230 e. The molecule has 0 heterocycles. The van der Waals surface area contributed by atoms with Crippen LogP contribution in [0.2, 0.25) is 0 Å². The van der Waals surface area contributed by atoms with Gasteiger partial charge in [0.15, 0.2) is 4.75 Å². The van der Waals surface area contributed by atoms with Crippen molar-refractivity contribution < 1.29 is 8.42 Å². The fourth-order valence-corrected chi connectivity index (χ4v) is 4.19. The van der Waals surface area contributed by atoms with Gasteiger partial charge in [-0.15, -0.1) is 0 Å². The lowest BCUT2D eigenvalue weighted by Gasteiger charge is -2.26. The molecule has 0 spiro atoms. The molecule has 0 bridgehead atoms. The van der Waals surface area contributed by atoms with Gasteiger partial charge in [0.25, 0.3) is 0 Å². The van der Waals surface area contributed by atoms with Crippen LogP contribution >= 0.6 is 0 Å². The average molecular weight is 342 g/mol. The molecular formula is C17H31N3O2S. The first-order valence-electron chi connectivity index (χ1n) is 8.77. The smallest absolute Gasteiger partial charge is 0.213 e. The van der Waals surface area contributed by atoms with Gasteiger partial charge >= 0.3 is 0 Å². The molecule has 0 rings (SSSR count). The van der Waals surface area contributed by atoms with Gasteiger partial charge in [-0.3, -0.25) is 0 Å². The molecule has 0 aromatic rings. The van der Waals surface area contributed by atoms with Crippen LogP contribution in [0.25, 0.3) is 0 Å². The van der Waals surface area contributed by atoms with Gasteiger partial charge in [0.05, 0.1) is 12.1 Å². The van der Waals surface area contributed by atoms with Gasteiger partial charge in [-0.25, -0.2) is 13.1 Å². The van der Waals surface area contributed by atoms with Crippen LogP contribution in [0.5, 0.6) is 0 Å². The Morgan fingerprint density at radius 1 is 0.913 bits per heavy atom.